The van der Waals surface area contributed by atoms with Crippen molar-refractivity contribution in [3.8, 4) is 5.88 Å². The van der Waals surface area contributed by atoms with Gasteiger partial charge in [-0.25, -0.2) is 8.78 Å². The summed E-state index contributed by atoms with van der Waals surface area (Å²) in [7, 11) is 0. The molecule has 2 aromatic heterocycles. The molecule has 5 rings (SSSR count). The van der Waals surface area contributed by atoms with Crippen molar-refractivity contribution in [1.82, 2.24) is 24.4 Å². The lowest BCUT2D eigenvalue weighted by atomic mass is 9.94. The summed E-state index contributed by atoms with van der Waals surface area (Å²) in [5, 5.41) is 17.8. The third-order valence-electron chi connectivity index (χ3n) is 7.15. The van der Waals surface area contributed by atoms with E-state index in [2.05, 4.69) is 10.4 Å². The Hall–Kier alpha value is -3.24. The molecule has 0 radical (unpaired) electrons. The molecule has 2 aromatic rings. The van der Waals surface area contributed by atoms with E-state index in [0.717, 1.165) is 17.4 Å². The van der Waals surface area contributed by atoms with Gasteiger partial charge in [0.05, 0.1) is 6.20 Å². The summed E-state index contributed by atoms with van der Waals surface area (Å²) in [5.74, 6) is -5.78. The second-order valence-corrected chi connectivity index (χ2v) is 10.3. The predicted octanol–water partition coefficient (Wildman–Crippen LogP) is 2.27. The molecule has 188 valence electrons. The number of nitrogens with one attached hydrogen (secondary N) is 1. The average Bonchev–Trinajstić information content (AvgIpc) is 3.49. The van der Waals surface area contributed by atoms with E-state index >= 15 is 0 Å². The van der Waals surface area contributed by atoms with Gasteiger partial charge in [0.15, 0.2) is 5.56 Å². The largest absolute Gasteiger partial charge is 0.494 e. The molecule has 0 aromatic carbocycles. The maximum Gasteiger partial charge on any atom is 0.291 e. The van der Waals surface area contributed by atoms with Crippen LogP contribution in [-0.4, -0.2) is 61.1 Å². The average molecular weight is 490 g/mol. The summed E-state index contributed by atoms with van der Waals surface area (Å²) in [6.07, 6.45) is 6.63. The monoisotopic (exact) mass is 489 g/mol. The smallest absolute Gasteiger partial charge is 0.291 e. The van der Waals surface area contributed by atoms with Gasteiger partial charge in [-0.1, -0.05) is 13.8 Å². The molecule has 0 spiro atoms. The minimum atomic E-state index is -2.73. The number of carbonyl (C=O) groups is 2. The first-order valence-corrected chi connectivity index (χ1v) is 12.1. The summed E-state index contributed by atoms with van der Waals surface area (Å²) in [4.78, 5) is 40.0. The van der Waals surface area contributed by atoms with E-state index in [1.165, 1.54) is 27.8 Å². The summed E-state index contributed by atoms with van der Waals surface area (Å²) in [6.45, 7) is 4.17. The van der Waals surface area contributed by atoms with Crippen LogP contribution in [0.15, 0.2) is 17.1 Å². The van der Waals surface area contributed by atoms with Crippen molar-refractivity contribution < 1.29 is 23.5 Å². The summed E-state index contributed by atoms with van der Waals surface area (Å²) >= 11 is 0. The number of piperidine rings is 1. The van der Waals surface area contributed by atoms with Crippen LogP contribution in [0.3, 0.4) is 0 Å². The molecule has 1 saturated heterocycles. The van der Waals surface area contributed by atoms with Gasteiger partial charge < -0.3 is 15.3 Å². The zero-order valence-corrected chi connectivity index (χ0v) is 19.7. The molecular formula is C24H29F2N5O4. The molecule has 9 nitrogen and oxygen atoms in total. The minimum absolute atomic E-state index is 0.00245. The van der Waals surface area contributed by atoms with Crippen LogP contribution in [0, 0.1) is 17.8 Å². The molecule has 3 aliphatic rings. The van der Waals surface area contributed by atoms with Crippen molar-refractivity contribution in [1.29, 1.82) is 0 Å². The molecule has 2 amide bonds. The fraction of sp³-hybridized carbons (Fsp3) is 0.583. The Balaban J connectivity index is 1.48. The number of aromatic nitrogens is 3. The number of nitrogens with zero attached hydrogens (tertiary/aromatic N) is 4. The quantitative estimate of drug-likeness (QED) is 0.605. The molecule has 3 fully saturated rings. The zero-order valence-electron chi connectivity index (χ0n) is 19.7. The van der Waals surface area contributed by atoms with E-state index in [0.29, 0.717) is 24.9 Å². The van der Waals surface area contributed by atoms with Crippen molar-refractivity contribution >= 4 is 23.5 Å². The van der Waals surface area contributed by atoms with Crippen LogP contribution in [0.2, 0.25) is 0 Å². The third-order valence-corrected chi connectivity index (χ3v) is 7.15. The second-order valence-electron chi connectivity index (χ2n) is 10.3. The highest BCUT2D eigenvalue weighted by Gasteiger charge is 2.56. The number of hydrogen-bond acceptors (Lipinski definition) is 5. The minimum Gasteiger partial charge on any atom is -0.494 e. The maximum absolute atomic E-state index is 14.2. The number of likely N-dealkylation sites (tertiary alicyclic amines) is 1. The zero-order chi connectivity index (χ0) is 25.1. The highest BCUT2D eigenvalue weighted by molar-refractivity contribution is 5.97. The van der Waals surface area contributed by atoms with Gasteiger partial charge >= 0.3 is 0 Å². The van der Waals surface area contributed by atoms with E-state index in [-0.39, 0.29) is 42.2 Å². The van der Waals surface area contributed by atoms with Gasteiger partial charge in [-0.2, -0.15) is 9.61 Å². The van der Waals surface area contributed by atoms with Crippen molar-refractivity contribution in [3.63, 3.8) is 0 Å². The van der Waals surface area contributed by atoms with Gasteiger partial charge in [-0.15, -0.1) is 0 Å². The van der Waals surface area contributed by atoms with Crippen molar-refractivity contribution in [2.24, 2.45) is 17.8 Å². The maximum atomic E-state index is 14.2. The summed E-state index contributed by atoms with van der Waals surface area (Å²) in [5.41, 5.74) is -0.481. The number of rotatable bonds is 6. The first-order valence-electron chi connectivity index (χ1n) is 12.1. The van der Waals surface area contributed by atoms with Gasteiger partial charge in [0.1, 0.15) is 5.65 Å². The fourth-order valence-electron chi connectivity index (χ4n) is 5.15. The van der Waals surface area contributed by atoms with Crippen LogP contribution < -0.4 is 10.9 Å². The number of aromatic hydroxyl groups is 1. The second kappa shape index (κ2) is 8.46. The molecule has 2 aliphatic carbocycles. The Morgan fingerprint density at radius 3 is 2.49 bits per heavy atom. The molecule has 2 bridgehead atoms. The van der Waals surface area contributed by atoms with E-state index in [4.69, 9.17) is 0 Å². The predicted molar refractivity (Wildman–Crippen MR) is 123 cm³/mol. The highest BCUT2D eigenvalue weighted by Crippen LogP contribution is 2.48. The Morgan fingerprint density at radius 2 is 1.89 bits per heavy atom. The summed E-state index contributed by atoms with van der Waals surface area (Å²) < 4.78 is 30.9. The molecule has 2 unspecified atom stereocenters. The van der Waals surface area contributed by atoms with Gasteiger partial charge in [0, 0.05) is 49.2 Å². The molecule has 2 N–H and O–H groups in total. The van der Waals surface area contributed by atoms with E-state index in [1.807, 2.05) is 13.8 Å². The first-order chi connectivity index (χ1) is 16.6. The Bertz CT molecular complexity index is 1260. The number of fused-ring (bicyclic) bond motifs is 3. The Kier molecular flexibility index (Phi) is 5.68. The van der Waals surface area contributed by atoms with Crippen LogP contribution in [0.25, 0.3) is 11.7 Å². The van der Waals surface area contributed by atoms with E-state index in [1.54, 1.807) is 0 Å². The van der Waals surface area contributed by atoms with E-state index < -0.39 is 35.1 Å². The lowest BCUT2D eigenvalue weighted by Gasteiger charge is -2.37. The van der Waals surface area contributed by atoms with Gasteiger partial charge in [0.25, 0.3) is 17.4 Å². The third kappa shape index (κ3) is 4.10. The van der Waals surface area contributed by atoms with Crippen LogP contribution in [0.5, 0.6) is 5.88 Å². The lowest BCUT2D eigenvalue weighted by Crippen LogP contribution is -2.50. The molecule has 2 saturated carbocycles. The van der Waals surface area contributed by atoms with Gasteiger partial charge in [-0.3, -0.25) is 19.0 Å². The van der Waals surface area contributed by atoms with Crippen LogP contribution in [0.4, 0.5) is 8.78 Å². The van der Waals surface area contributed by atoms with Crippen molar-refractivity contribution in [2.75, 3.05) is 13.1 Å². The van der Waals surface area contributed by atoms with Gasteiger partial charge in [0.2, 0.25) is 11.8 Å². The standard InChI is InChI=1S/C24H29F2N5O4/c1-13(2)10-30-21-14(3-8-18(32)29-11-15-4-5-16(12-29)24(15,25)26)9-27-31(21)23(35)19(22(30)34)20(33)28-17-6-7-17/h3,8-9,13,15-17,34H,4-7,10-12H2,1-2H3,(H,28,33). The van der Waals surface area contributed by atoms with Crippen molar-refractivity contribution in [3.05, 3.63) is 33.8 Å². The fourth-order valence-corrected chi connectivity index (χ4v) is 5.15. The van der Waals surface area contributed by atoms with Crippen LogP contribution >= 0.6 is 0 Å². The Labute approximate surface area is 200 Å². The van der Waals surface area contributed by atoms with Crippen molar-refractivity contribution in [2.45, 2.75) is 58.0 Å². The van der Waals surface area contributed by atoms with E-state index in [9.17, 15) is 28.3 Å². The van der Waals surface area contributed by atoms with Crippen LogP contribution in [-0.2, 0) is 11.3 Å². The van der Waals surface area contributed by atoms with Gasteiger partial charge in [-0.05, 0) is 37.7 Å². The molecular weight excluding hydrogens is 460 g/mol. The normalized spacial score (nSPS) is 23.5. The molecule has 1 aliphatic heterocycles. The number of hydrogen-bond donors (Lipinski definition) is 2. The topological polar surface area (TPSA) is 109 Å². The molecule has 3 heterocycles. The number of alkyl halides is 2. The molecule has 35 heavy (non-hydrogen) atoms. The molecule has 2 atom stereocenters. The Morgan fingerprint density at radius 1 is 1.23 bits per heavy atom. The number of carbonyl (C=O) groups excluding carboxylic acids is 2. The van der Waals surface area contributed by atoms with Crippen LogP contribution in [0.1, 0.15) is 55.5 Å². The number of halogens is 2. The SMILES string of the molecule is CC(C)Cn1c(O)c(C(=O)NC2CC2)c(=O)n2ncc(C=CC(=O)N3CC4CCC(C3)C4(F)F)c12. The lowest BCUT2D eigenvalue weighted by molar-refractivity contribution is -0.144. The number of amides is 2. The first kappa shape index (κ1) is 23.5. The molecule has 11 heteroatoms. The summed E-state index contributed by atoms with van der Waals surface area (Å²) in [6, 6.07) is 0.00245. The highest BCUT2D eigenvalue weighted by atomic mass is 19.3.